The van der Waals surface area contributed by atoms with Crippen molar-refractivity contribution in [1.29, 1.82) is 0 Å². The fourth-order valence-corrected chi connectivity index (χ4v) is 2.06. The van der Waals surface area contributed by atoms with Crippen LogP contribution in [0.2, 0.25) is 0 Å². The van der Waals surface area contributed by atoms with E-state index in [-0.39, 0.29) is 17.6 Å². The molecule has 2 N–H and O–H groups in total. The van der Waals surface area contributed by atoms with Crippen molar-refractivity contribution >= 4 is 11.4 Å². The Bertz CT molecular complexity index is 582. The molecule has 0 aromatic heterocycles. The van der Waals surface area contributed by atoms with Crippen LogP contribution in [-0.4, -0.2) is 19.2 Å². The van der Waals surface area contributed by atoms with Crippen molar-refractivity contribution in [3.63, 3.8) is 0 Å². The number of nitrogens with one attached hydrogen (secondary N) is 1. The molecule has 0 saturated carbocycles. The number of anilines is 2. The van der Waals surface area contributed by atoms with Crippen LogP contribution in [-0.2, 0) is 0 Å². The van der Waals surface area contributed by atoms with E-state index in [0.29, 0.717) is 5.56 Å². The number of halogens is 1. The highest BCUT2D eigenvalue weighted by atomic mass is 19.1. The first-order valence-electron chi connectivity index (χ1n) is 6.49. The molecule has 0 spiro atoms. The molecule has 2 aromatic carbocycles. The Hall–Kier alpha value is -2.23. The Morgan fingerprint density at radius 2 is 1.75 bits per heavy atom. The van der Waals surface area contributed by atoms with Crippen LogP contribution >= 0.6 is 0 Å². The zero-order valence-electron chi connectivity index (χ0n) is 11.9. The van der Waals surface area contributed by atoms with Gasteiger partial charge in [-0.15, -0.1) is 0 Å². The number of rotatable bonds is 4. The molecule has 0 saturated heterocycles. The molecule has 0 fully saturated rings. The van der Waals surface area contributed by atoms with Crippen LogP contribution < -0.4 is 10.2 Å². The lowest BCUT2D eigenvalue weighted by atomic mass is 10.1. The smallest absolute Gasteiger partial charge is 0.123 e. The molecule has 1 atom stereocenters. The summed E-state index contributed by atoms with van der Waals surface area (Å²) in [6.45, 7) is 1.88. The molecule has 2 rings (SSSR count). The molecule has 106 valence electrons. The number of phenolic OH excluding ortho intramolecular Hbond substituents is 1. The Balaban J connectivity index is 2.14. The normalized spacial score (nSPS) is 12.0. The van der Waals surface area contributed by atoms with Gasteiger partial charge in [0.05, 0.1) is 6.04 Å². The largest absolute Gasteiger partial charge is 0.508 e. The fourth-order valence-electron chi connectivity index (χ4n) is 2.06. The van der Waals surface area contributed by atoms with Crippen LogP contribution in [0, 0.1) is 5.82 Å². The van der Waals surface area contributed by atoms with Crippen LogP contribution in [0.5, 0.6) is 5.75 Å². The molecule has 0 radical (unpaired) electrons. The number of benzene rings is 2. The van der Waals surface area contributed by atoms with E-state index in [1.807, 2.05) is 50.2 Å². The molecule has 0 aliphatic rings. The maximum Gasteiger partial charge on any atom is 0.123 e. The first-order valence-corrected chi connectivity index (χ1v) is 6.49. The van der Waals surface area contributed by atoms with Gasteiger partial charge in [0.1, 0.15) is 11.6 Å². The monoisotopic (exact) mass is 274 g/mol. The van der Waals surface area contributed by atoms with Gasteiger partial charge in [0.15, 0.2) is 0 Å². The molecule has 20 heavy (non-hydrogen) atoms. The van der Waals surface area contributed by atoms with Gasteiger partial charge in [0, 0.05) is 31.0 Å². The molecule has 0 heterocycles. The van der Waals surface area contributed by atoms with Crippen molar-refractivity contribution in [3.8, 4) is 5.75 Å². The molecule has 0 aliphatic heterocycles. The Morgan fingerprint density at radius 3 is 2.35 bits per heavy atom. The Kier molecular flexibility index (Phi) is 4.13. The summed E-state index contributed by atoms with van der Waals surface area (Å²) in [6.07, 6.45) is 0. The Morgan fingerprint density at radius 1 is 1.10 bits per heavy atom. The minimum atomic E-state index is -0.352. The number of phenols is 1. The maximum atomic E-state index is 13.2. The van der Waals surface area contributed by atoms with E-state index in [1.54, 1.807) is 0 Å². The quantitative estimate of drug-likeness (QED) is 0.891. The van der Waals surface area contributed by atoms with Crippen molar-refractivity contribution in [2.24, 2.45) is 0 Å². The predicted octanol–water partition coefficient (Wildman–Crippen LogP) is 3.77. The van der Waals surface area contributed by atoms with Gasteiger partial charge in [0.2, 0.25) is 0 Å². The minimum absolute atomic E-state index is 0.0938. The minimum Gasteiger partial charge on any atom is -0.508 e. The van der Waals surface area contributed by atoms with E-state index >= 15 is 0 Å². The average Bonchev–Trinajstić information content (AvgIpc) is 2.42. The van der Waals surface area contributed by atoms with Gasteiger partial charge < -0.3 is 15.3 Å². The van der Waals surface area contributed by atoms with Crippen LogP contribution in [0.25, 0.3) is 0 Å². The molecular weight excluding hydrogens is 255 g/mol. The highest BCUT2D eigenvalue weighted by Gasteiger charge is 2.11. The number of nitrogens with zero attached hydrogens (tertiary/aromatic N) is 1. The summed E-state index contributed by atoms with van der Waals surface area (Å²) < 4.78 is 13.2. The summed E-state index contributed by atoms with van der Waals surface area (Å²) in [5, 5.41) is 13.0. The second-order valence-corrected chi connectivity index (χ2v) is 5.01. The lowest BCUT2D eigenvalue weighted by Crippen LogP contribution is -2.09. The van der Waals surface area contributed by atoms with Gasteiger partial charge in [-0.2, -0.15) is 0 Å². The highest BCUT2D eigenvalue weighted by Crippen LogP contribution is 2.28. The summed E-state index contributed by atoms with van der Waals surface area (Å²) in [5.74, 6) is -0.259. The summed E-state index contributed by atoms with van der Waals surface area (Å²) >= 11 is 0. The van der Waals surface area contributed by atoms with E-state index in [2.05, 4.69) is 5.32 Å². The predicted molar refractivity (Wildman–Crippen MR) is 80.9 cm³/mol. The van der Waals surface area contributed by atoms with Crippen molar-refractivity contribution in [3.05, 3.63) is 53.8 Å². The van der Waals surface area contributed by atoms with Gasteiger partial charge in [-0.1, -0.05) is 0 Å². The zero-order chi connectivity index (χ0) is 14.7. The summed E-state index contributed by atoms with van der Waals surface area (Å²) in [4.78, 5) is 2.02. The molecule has 1 unspecified atom stereocenters. The lowest BCUT2D eigenvalue weighted by Gasteiger charge is -2.18. The standard InChI is InChI=1S/C16H19FN2O/c1-11(15-10-12(17)4-9-16(15)20)18-13-5-7-14(8-6-13)19(2)3/h4-11,18,20H,1-3H3. The van der Waals surface area contributed by atoms with Crippen molar-refractivity contribution in [1.82, 2.24) is 0 Å². The van der Waals surface area contributed by atoms with Crippen LogP contribution in [0.3, 0.4) is 0 Å². The molecule has 0 amide bonds. The van der Waals surface area contributed by atoms with Gasteiger partial charge in [0.25, 0.3) is 0 Å². The van der Waals surface area contributed by atoms with E-state index in [4.69, 9.17) is 0 Å². The van der Waals surface area contributed by atoms with Crippen molar-refractivity contribution < 1.29 is 9.50 Å². The van der Waals surface area contributed by atoms with Crippen LogP contribution in [0.1, 0.15) is 18.5 Å². The number of aromatic hydroxyl groups is 1. The third-order valence-electron chi connectivity index (χ3n) is 3.22. The zero-order valence-corrected chi connectivity index (χ0v) is 11.9. The van der Waals surface area contributed by atoms with E-state index in [0.717, 1.165) is 11.4 Å². The van der Waals surface area contributed by atoms with Gasteiger partial charge in [-0.3, -0.25) is 0 Å². The van der Waals surface area contributed by atoms with Gasteiger partial charge in [-0.05, 0) is 49.4 Å². The summed E-state index contributed by atoms with van der Waals surface area (Å²) in [7, 11) is 3.96. The molecule has 0 bridgehead atoms. The van der Waals surface area contributed by atoms with Crippen molar-refractivity contribution in [2.45, 2.75) is 13.0 Å². The topological polar surface area (TPSA) is 35.5 Å². The molecule has 3 nitrogen and oxygen atoms in total. The molecule has 0 aliphatic carbocycles. The maximum absolute atomic E-state index is 13.2. The fraction of sp³-hybridized carbons (Fsp3) is 0.250. The van der Waals surface area contributed by atoms with E-state index < -0.39 is 0 Å². The summed E-state index contributed by atoms with van der Waals surface area (Å²) in [6, 6.07) is 11.7. The Labute approximate surface area is 118 Å². The van der Waals surface area contributed by atoms with E-state index in [9.17, 15) is 9.50 Å². The molecular formula is C16H19FN2O. The first kappa shape index (κ1) is 14.2. The third-order valence-corrected chi connectivity index (χ3v) is 3.22. The molecule has 2 aromatic rings. The average molecular weight is 274 g/mol. The lowest BCUT2D eigenvalue weighted by molar-refractivity contribution is 0.462. The van der Waals surface area contributed by atoms with E-state index in [1.165, 1.54) is 18.2 Å². The van der Waals surface area contributed by atoms with Crippen LogP contribution in [0.15, 0.2) is 42.5 Å². The number of hydrogen-bond acceptors (Lipinski definition) is 3. The third kappa shape index (κ3) is 3.20. The second-order valence-electron chi connectivity index (χ2n) is 5.01. The highest BCUT2D eigenvalue weighted by molar-refractivity contribution is 5.55. The SMILES string of the molecule is CC(Nc1ccc(N(C)C)cc1)c1cc(F)ccc1O. The van der Waals surface area contributed by atoms with Crippen LogP contribution in [0.4, 0.5) is 15.8 Å². The van der Waals surface area contributed by atoms with Crippen molar-refractivity contribution in [2.75, 3.05) is 24.3 Å². The number of hydrogen-bond donors (Lipinski definition) is 2. The first-order chi connectivity index (χ1) is 9.47. The molecule has 4 heteroatoms. The second kappa shape index (κ2) is 5.82. The summed E-state index contributed by atoms with van der Waals surface area (Å²) in [5.41, 5.74) is 2.57. The van der Waals surface area contributed by atoms with Gasteiger partial charge >= 0.3 is 0 Å². The van der Waals surface area contributed by atoms with Gasteiger partial charge in [-0.25, -0.2) is 4.39 Å².